The van der Waals surface area contributed by atoms with Crippen LogP contribution < -0.4 is 14.9 Å². The van der Waals surface area contributed by atoms with Gasteiger partial charge in [-0.15, -0.1) is 0 Å². The lowest BCUT2D eigenvalue weighted by molar-refractivity contribution is 0.0729. The average molecular weight is 512 g/mol. The van der Waals surface area contributed by atoms with Gasteiger partial charge in [-0.3, -0.25) is 4.79 Å². The van der Waals surface area contributed by atoms with Gasteiger partial charge in [0.05, 0.1) is 34.0 Å². The van der Waals surface area contributed by atoms with Crippen molar-refractivity contribution in [2.75, 3.05) is 7.11 Å². The van der Waals surface area contributed by atoms with E-state index in [9.17, 15) is 9.59 Å². The number of carbonyl (C=O) groups is 2. The van der Waals surface area contributed by atoms with Gasteiger partial charge in [-0.05, 0) is 60.2 Å². The molecule has 6 nitrogen and oxygen atoms in total. The Bertz CT molecular complexity index is 1210. The fourth-order valence-electron chi connectivity index (χ4n) is 2.53. The molecule has 32 heavy (non-hydrogen) atoms. The minimum Gasteiger partial charge on any atom is -0.493 e. The van der Waals surface area contributed by atoms with Crippen molar-refractivity contribution < 1.29 is 19.1 Å². The highest BCUT2D eigenvalue weighted by Gasteiger charge is 2.16. The number of amides is 1. The molecule has 0 radical (unpaired) electrons. The Morgan fingerprint density at radius 2 is 1.66 bits per heavy atom. The van der Waals surface area contributed by atoms with E-state index in [0.717, 1.165) is 0 Å². The third-order valence-electron chi connectivity index (χ3n) is 4.10. The maximum atomic E-state index is 12.4. The molecule has 0 aliphatic carbocycles. The summed E-state index contributed by atoms with van der Waals surface area (Å²) in [4.78, 5) is 24.6. The van der Waals surface area contributed by atoms with E-state index in [1.54, 1.807) is 12.1 Å². The summed E-state index contributed by atoms with van der Waals surface area (Å²) < 4.78 is 10.7. The van der Waals surface area contributed by atoms with Gasteiger partial charge in [0.25, 0.3) is 5.91 Å². The topological polar surface area (TPSA) is 77.0 Å². The number of carbonyl (C=O) groups excluding carboxylic acids is 2. The van der Waals surface area contributed by atoms with Crippen molar-refractivity contribution in [1.29, 1.82) is 0 Å². The van der Waals surface area contributed by atoms with Crippen LogP contribution in [0.4, 0.5) is 0 Å². The Kier molecular flexibility index (Phi) is 7.99. The molecule has 0 spiro atoms. The maximum absolute atomic E-state index is 12.4. The predicted octanol–water partition coefficient (Wildman–Crippen LogP) is 6.29. The smallest absolute Gasteiger partial charge is 0.345 e. The number of methoxy groups -OCH3 is 1. The molecule has 10 heteroatoms. The molecule has 0 aliphatic heterocycles. The van der Waals surface area contributed by atoms with Crippen LogP contribution in [0.2, 0.25) is 20.1 Å². The summed E-state index contributed by atoms with van der Waals surface area (Å²) in [5.41, 5.74) is 3.44. The van der Waals surface area contributed by atoms with Crippen molar-refractivity contribution >= 4 is 64.5 Å². The van der Waals surface area contributed by atoms with Crippen molar-refractivity contribution in [3.05, 3.63) is 91.4 Å². The van der Waals surface area contributed by atoms with E-state index in [1.807, 2.05) is 0 Å². The highest BCUT2D eigenvalue weighted by atomic mass is 35.5. The van der Waals surface area contributed by atoms with E-state index in [2.05, 4.69) is 10.5 Å². The molecule has 0 saturated carbocycles. The van der Waals surface area contributed by atoms with Crippen LogP contribution in [0.5, 0.6) is 11.5 Å². The minimum atomic E-state index is -0.666. The number of hydrazone groups is 1. The Morgan fingerprint density at radius 3 is 2.34 bits per heavy atom. The first-order valence-electron chi connectivity index (χ1n) is 8.92. The van der Waals surface area contributed by atoms with Gasteiger partial charge in [0.15, 0.2) is 11.5 Å². The molecule has 0 saturated heterocycles. The van der Waals surface area contributed by atoms with Gasteiger partial charge in [-0.2, -0.15) is 5.10 Å². The summed E-state index contributed by atoms with van der Waals surface area (Å²) in [6, 6.07) is 13.7. The zero-order valence-electron chi connectivity index (χ0n) is 16.4. The van der Waals surface area contributed by atoms with Crippen molar-refractivity contribution in [2.24, 2.45) is 5.10 Å². The first-order valence-corrected chi connectivity index (χ1v) is 10.4. The van der Waals surface area contributed by atoms with Crippen molar-refractivity contribution in [1.82, 2.24) is 5.43 Å². The fraction of sp³-hybridized carbons (Fsp3) is 0.0455. The minimum absolute atomic E-state index is 0.161. The summed E-state index contributed by atoms with van der Waals surface area (Å²) in [6.45, 7) is 0. The second-order valence-corrected chi connectivity index (χ2v) is 7.91. The normalized spacial score (nSPS) is 10.8. The molecule has 0 unspecified atom stereocenters. The summed E-state index contributed by atoms with van der Waals surface area (Å²) in [5.74, 6) is -0.666. The fourth-order valence-corrected chi connectivity index (χ4v) is 3.31. The summed E-state index contributed by atoms with van der Waals surface area (Å²) in [7, 11) is 1.43. The predicted molar refractivity (Wildman–Crippen MR) is 126 cm³/mol. The van der Waals surface area contributed by atoms with Gasteiger partial charge in [0.2, 0.25) is 0 Å². The Morgan fingerprint density at radius 1 is 0.875 bits per heavy atom. The first-order chi connectivity index (χ1) is 15.3. The molecule has 3 rings (SSSR count). The van der Waals surface area contributed by atoms with Crippen LogP contribution in [-0.4, -0.2) is 25.2 Å². The lowest BCUT2D eigenvalue weighted by Gasteiger charge is -2.10. The highest BCUT2D eigenvalue weighted by Crippen LogP contribution is 2.30. The van der Waals surface area contributed by atoms with Crippen molar-refractivity contribution in [2.45, 2.75) is 0 Å². The number of rotatable bonds is 6. The van der Waals surface area contributed by atoms with Gasteiger partial charge in [0.1, 0.15) is 0 Å². The monoisotopic (exact) mass is 510 g/mol. The lowest BCUT2D eigenvalue weighted by atomic mass is 10.2. The number of halogens is 4. The SMILES string of the molecule is COc1cc(/C=N\NC(=O)c2ccc(Cl)c(Cl)c2)ccc1OC(=O)c1ccc(Cl)cc1Cl. The number of hydrogen-bond acceptors (Lipinski definition) is 5. The van der Waals surface area contributed by atoms with Gasteiger partial charge < -0.3 is 9.47 Å². The van der Waals surface area contributed by atoms with E-state index in [0.29, 0.717) is 21.2 Å². The Labute approximate surface area is 203 Å². The molecular formula is C22H14Cl4N2O4. The quantitative estimate of drug-likeness (QED) is 0.182. The molecule has 0 aromatic heterocycles. The van der Waals surface area contributed by atoms with Crippen LogP contribution >= 0.6 is 46.4 Å². The van der Waals surface area contributed by atoms with Crippen LogP contribution in [0.1, 0.15) is 26.3 Å². The molecule has 3 aromatic carbocycles. The van der Waals surface area contributed by atoms with Gasteiger partial charge in [-0.1, -0.05) is 46.4 Å². The average Bonchev–Trinajstić information content (AvgIpc) is 2.76. The largest absolute Gasteiger partial charge is 0.493 e. The molecule has 3 aromatic rings. The standard InChI is InChI=1S/C22H14Cl4N2O4/c1-31-20-8-12(11-27-28-21(29)13-3-6-16(24)18(26)9-13)2-7-19(20)32-22(30)15-5-4-14(23)10-17(15)25/h2-11H,1H3,(H,28,29)/b27-11-. The van der Waals surface area contributed by atoms with Gasteiger partial charge >= 0.3 is 5.97 Å². The molecule has 0 aliphatic rings. The van der Waals surface area contributed by atoms with Crippen LogP contribution in [0, 0.1) is 0 Å². The molecule has 1 amide bonds. The highest BCUT2D eigenvalue weighted by molar-refractivity contribution is 6.42. The molecule has 0 fully saturated rings. The summed E-state index contributed by atoms with van der Waals surface area (Å²) in [6.07, 6.45) is 1.40. The number of nitrogens with one attached hydrogen (secondary N) is 1. The summed E-state index contributed by atoms with van der Waals surface area (Å²) >= 11 is 23.7. The summed E-state index contributed by atoms with van der Waals surface area (Å²) in [5, 5.41) is 5.09. The van der Waals surface area contributed by atoms with E-state index >= 15 is 0 Å². The number of nitrogens with zero attached hydrogens (tertiary/aromatic N) is 1. The number of hydrogen-bond donors (Lipinski definition) is 1. The third-order valence-corrected chi connectivity index (χ3v) is 5.39. The second kappa shape index (κ2) is 10.7. The molecular weight excluding hydrogens is 498 g/mol. The van der Waals surface area contributed by atoms with Gasteiger partial charge in [0, 0.05) is 10.6 Å². The van der Waals surface area contributed by atoms with Crippen LogP contribution in [0.15, 0.2) is 59.7 Å². The molecule has 0 atom stereocenters. The first kappa shape index (κ1) is 23.9. The Balaban J connectivity index is 1.69. The van der Waals surface area contributed by atoms with Crippen molar-refractivity contribution in [3.63, 3.8) is 0 Å². The zero-order chi connectivity index (χ0) is 23.3. The number of benzene rings is 3. The lowest BCUT2D eigenvalue weighted by Crippen LogP contribution is -2.17. The van der Waals surface area contributed by atoms with E-state index < -0.39 is 11.9 Å². The van der Waals surface area contributed by atoms with Gasteiger partial charge in [-0.25, -0.2) is 10.2 Å². The van der Waals surface area contributed by atoms with E-state index in [-0.39, 0.29) is 27.1 Å². The molecule has 0 heterocycles. The number of esters is 1. The Hall–Kier alpha value is -2.77. The molecule has 0 bridgehead atoms. The second-order valence-electron chi connectivity index (χ2n) is 6.25. The third kappa shape index (κ3) is 5.93. The van der Waals surface area contributed by atoms with E-state index in [4.69, 9.17) is 55.9 Å². The molecule has 1 N–H and O–H groups in total. The van der Waals surface area contributed by atoms with Crippen LogP contribution in [0.3, 0.4) is 0 Å². The van der Waals surface area contributed by atoms with E-state index in [1.165, 1.54) is 55.8 Å². The van der Waals surface area contributed by atoms with Crippen LogP contribution in [0.25, 0.3) is 0 Å². The van der Waals surface area contributed by atoms with Crippen molar-refractivity contribution in [3.8, 4) is 11.5 Å². The zero-order valence-corrected chi connectivity index (χ0v) is 19.4. The maximum Gasteiger partial charge on any atom is 0.345 e. The molecule has 164 valence electrons. The van der Waals surface area contributed by atoms with Crippen LogP contribution in [-0.2, 0) is 0 Å². The number of ether oxygens (including phenoxy) is 2.